The third-order valence-corrected chi connectivity index (χ3v) is 2.70. The van der Waals surface area contributed by atoms with Gasteiger partial charge in [0.15, 0.2) is 0 Å². The summed E-state index contributed by atoms with van der Waals surface area (Å²) in [7, 11) is 1.21. The number of anilines is 1. The fourth-order valence-corrected chi connectivity index (χ4v) is 1.63. The standard InChI is InChI=1S/C10H13NO4S/c1-8-3-5-9(6-4-8)11(16(13)14)7-10(12)15-2/h3-6H,7H2,1-2H3,(H,13,14)/p-1. The first-order valence-electron chi connectivity index (χ1n) is 4.55. The van der Waals surface area contributed by atoms with Crippen LogP contribution >= 0.6 is 0 Å². The number of esters is 1. The molecular formula is C10H12NO4S-. The predicted molar refractivity (Wildman–Crippen MR) is 59.5 cm³/mol. The molecule has 16 heavy (non-hydrogen) atoms. The lowest BCUT2D eigenvalue weighted by Crippen LogP contribution is -2.32. The molecule has 0 aliphatic heterocycles. The van der Waals surface area contributed by atoms with E-state index in [1.807, 2.05) is 6.92 Å². The van der Waals surface area contributed by atoms with Crippen molar-refractivity contribution in [1.29, 1.82) is 0 Å². The molecule has 5 nitrogen and oxygen atoms in total. The van der Waals surface area contributed by atoms with E-state index in [1.165, 1.54) is 7.11 Å². The van der Waals surface area contributed by atoms with Gasteiger partial charge in [0.2, 0.25) is 0 Å². The van der Waals surface area contributed by atoms with Crippen LogP contribution in [-0.2, 0) is 20.8 Å². The molecule has 0 heterocycles. The molecule has 0 fully saturated rings. The van der Waals surface area contributed by atoms with E-state index in [2.05, 4.69) is 4.74 Å². The average molecular weight is 242 g/mol. The average Bonchev–Trinajstić information content (AvgIpc) is 2.26. The summed E-state index contributed by atoms with van der Waals surface area (Å²) in [4.78, 5) is 11.0. The van der Waals surface area contributed by atoms with Crippen LogP contribution in [0.15, 0.2) is 24.3 Å². The van der Waals surface area contributed by atoms with Gasteiger partial charge in [-0.1, -0.05) is 17.7 Å². The van der Waals surface area contributed by atoms with Gasteiger partial charge in [0.05, 0.1) is 7.11 Å². The van der Waals surface area contributed by atoms with Crippen LogP contribution < -0.4 is 4.31 Å². The molecule has 1 atom stereocenters. The molecule has 0 aliphatic rings. The number of hydrogen-bond donors (Lipinski definition) is 0. The molecule has 1 aromatic rings. The molecule has 0 amide bonds. The monoisotopic (exact) mass is 242 g/mol. The summed E-state index contributed by atoms with van der Waals surface area (Å²) >= 11 is -2.50. The number of carbonyl (C=O) groups is 1. The number of benzene rings is 1. The first-order valence-corrected chi connectivity index (χ1v) is 5.58. The Morgan fingerprint density at radius 2 is 2.00 bits per heavy atom. The van der Waals surface area contributed by atoms with Gasteiger partial charge in [-0.05, 0) is 19.1 Å². The molecule has 6 heteroatoms. The van der Waals surface area contributed by atoms with Crippen molar-refractivity contribution in [1.82, 2.24) is 0 Å². The van der Waals surface area contributed by atoms with E-state index in [4.69, 9.17) is 0 Å². The third kappa shape index (κ3) is 3.32. The molecule has 0 N–H and O–H groups in total. The van der Waals surface area contributed by atoms with Gasteiger partial charge in [-0.2, -0.15) is 0 Å². The number of carbonyl (C=O) groups excluding carboxylic acids is 1. The Morgan fingerprint density at radius 3 is 2.44 bits per heavy atom. The van der Waals surface area contributed by atoms with E-state index in [-0.39, 0.29) is 6.54 Å². The Balaban J connectivity index is 2.89. The summed E-state index contributed by atoms with van der Waals surface area (Å²) in [5.41, 5.74) is 1.45. The van der Waals surface area contributed by atoms with Crippen LogP contribution in [0.2, 0.25) is 0 Å². The van der Waals surface area contributed by atoms with Crippen LogP contribution in [0.3, 0.4) is 0 Å². The van der Waals surface area contributed by atoms with Gasteiger partial charge in [0.1, 0.15) is 6.54 Å². The van der Waals surface area contributed by atoms with Crippen LogP contribution in [0.25, 0.3) is 0 Å². The number of aryl methyl sites for hydroxylation is 1. The van der Waals surface area contributed by atoms with Crippen LogP contribution in [0.1, 0.15) is 5.56 Å². The molecule has 0 saturated heterocycles. The minimum atomic E-state index is -2.50. The summed E-state index contributed by atoms with van der Waals surface area (Å²) in [6.45, 7) is 1.57. The second-order valence-corrected chi connectivity index (χ2v) is 4.04. The van der Waals surface area contributed by atoms with Crippen LogP contribution in [0.4, 0.5) is 5.69 Å². The maximum atomic E-state index is 11.0. The lowest BCUT2D eigenvalue weighted by atomic mass is 10.2. The molecule has 0 saturated carbocycles. The fraction of sp³-hybridized carbons (Fsp3) is 0.300. The SMILES string of the molecule is COC(=O)CN(c1ccc(C)cc1)S(=O)[O-]. The zero-order valence-corrected chi connectivity index (χ0v) is 9.82. The first-order chi connectivity index (χ1) is 7.54. The normalized spacial score (nSPS) is 11.9. The topological polar surface area (TPSA) is 69.7 Å². The summed E-state index contributed by atoms with van der Waals surface area (Å²) in [5, 5.41) is 0. The number of nitrogens with zero attached hydrogens (tertiary/aromatic N) is 1. The minimum absolute atomic E-state index is 0.324. The van der Waals surface area contributed by atoms with Crippen molar-refractivity contribution in [3.8, 4) is 0 Å². The molecule has 1 rings (SSSR count). The first kappa shape index (κ1) is 12.7. The molecule has 1 unspecified atom stereocenters. The maximum absolute atomic E-state index is 11.0. The largest absolute Gasteiger partial charge is 0.755 e. The number of ether oxygens (including phenoxy) is 1. The molecule has 1 aromatic carbocycles. The van der Waals surface area contributed by atoms with E-state index in [9.17, 15) is 13.6 Å². The fourth-order valence-electron chi connectivity index (χ4n) is 1.12. The highest BCUT2D eigenvalue weighted by Gasteiger charge is 2.12. The smallest absolute Gasteiger partial charge is 0.326 e. The van der Waals surface area contributed by atoms with Crippen molar-refractivity contribution in [3.05, 3.63) is 29.8 Å². The lowest BCUT2D eigenvalue weighted by Gasteiger charge is -2.25. The van der Waals surface area contributed by atoms with E-state index in [0.29, 0.717) is 5.69 Å². The summed E-state index contributed by atoms with van der Waals surface area (Å²) in [5.74, 6) is -0.607. The highest BCUT2D eigenvalue weighted by Crippen LogP contribution is 2.16. The van der Waals surface area contributed by atoms with Gasteiger partial charge < -0.3 is 9.29 Å². The second-order valence-electron chi connectivity index (χ2n) is 3.17. The van der Waals surface area contributed by atoms with Crippen LogP contribution in [0.5, 0.6) is 0 Å². The van der Waals surface area contributed by atoms with Gasteiger partial charge >= 0.3 is 5.97 Å². The Morgan fingerprint density at radius 1 is 1.44 bits per heavy atom. The van der Waals surface area contributed by atoms with Gasteiger partial charge in [-0.25, -0.2) is 0 Å². The van der Waals surface area contributed by atoms with E-state index < -0.39 is 17.2 Å². The number of hydrogen-bond acceptors (Lipinski definition) is 4. The van der Waals surface area contributed by atoms with E-state index >= 15 is 0 Å². The van der Waals surface area contributed by atoms with Gasteiger partial charge in [0, 0.05) is 17.0 Å². The number of rotatable bonds is 4. The lowest BCUT2D eigenvalue weighted by molar-refractivity contribution is -0.138. The molecule has 88 valence electrons. The Hall–Kier alpha value is -1.40. The Bertz CT molecular complexity index is 390. The summed E-state index contributed by atoms with van der Waals surface area (Å²) in [6, 6.07) is 6.81. The van der Waals surface area contributed by atoms with Crippen molar-refractivity contribution in [2.24, 2.45) is 0 Å². The van der Waals surface area contributed by atoms with Gasteiger partial charge in [-0.15, -0.1) is 0 Å². The Labute approximate surface area is 96.4 Å². The Kier molecular flexibility index (Phi) is 4.45. The van der Waals surface area contributed by atoms with E-state index in [1.54, 1.807) is 24.3 Å². The molecule has 0 aromatic heterocycles. The highest BCUT2D eigenvalue weighted by molar-refractivity contribution is 7.80. The van der Waals surface area contributed by atoms with Crippen LogP contribution in [-0.4, -0.2) is 28.4 Å². The van der Waals surface area contributed by atoms with Crippen molar-refractivity contribution in [3.63, 3.8) is 0 Å². The third-order valence-electron chi connectivity index (χ3n) is 2.00. The number of methoxy groups -OCH3 is 1. The zero-order chi connectivity index (χ0) is 12.1. The second kappa shape index (κ2) is 5.62. The molecule has 0 bridgehead atoms. The van der Waals surface area contributed by atoms with E-state index in [0.717, 1.165) is 9.87 Å². The molecule has 0 spiro atoms. The predicted octanol–water partition coefficient (Wildman–Crippen LogP) is 0.769. The van der Waals surface area contributed by atoms with Crippen LogP contribution in [0, 0.1) is 6.92 Å². The van der Waals surface area contributed by atoms with Crippen molar-refractivity contribution < 1.29 is 18.3 Å². The van der Waals surface area contributed by atoms with Crippen molar-refractivity contribution in [2.45, 2.75) is 6.92 Å². The van der Waals surface area contributed by atoms with Gasteiger partial charge in [0.25, 0.3) is 0 Å². The minimum Gasteiger partial charge on any atom is -0.755 e. The molecule has 0 radical (unpaired) electrons. The van der Waals surface area contributed by atoms with Crippen molar-refractivity contribution in [2.75, 3.05) is 18.0 Å². The molecular weight excluding hydrogens is 230 g/mol. The van der Waals surface area contributed by atoms with Gasteiger partial charge in [-0.3, -0.25) is 13.3 Å². The summed E-state index contributed by atoms with van der Waals surface area (Å²) in [6.07, 6.45) is 0. The van der Waals surface area contributed by atoms with Crippen molar-refractivity contribution >= 4 is 22.9 Å². The maximum Gasteiger partial charge on any atom is 0.326 e. The highest BCUT2D eigenvalue weighted by atomic mass is 32.2. The summed E-state index contributed by atoms with van der Waals surface area (Å²) < 4.78 is 27.3. The molecule has 0 aliphatic carbocycles. The quantitative estimate of drug-likeness (QED) is 0.577. The zero-order valence-electron chi connectivity index (χ0n) is 9.00.